The number of nitrogens with one attached hydrogen (secondary N) is 1. The van der Waals surface area contributed by atoms with Gasteiger partial charge >= 0.3 is 0 Å². The Morgan fingerprint density at radius 3 is 2.80 bits per heavy atom. The molecule has 1 saturated carbocycles. The normalized spacial score (nSPS) is 15.7. The van der Waals surface area contributed by atoms with Gasteiger partial charge in [-0.15, -0.1) is 0 Å². The summed E-state index contributed by atoms with van der Waals surface area (Å²) >= 11 is 0. The summed E-state index contributed by atoms with van der Waals surface area (Å²) in [5.74, 6) is 0.0810. The van der Waals surface area contributed by atoms with Crippen molar-refractivity contribution in [2.24, 2.45) is 11.7 Å². The van der Waals surface area contributed by atoms with E-state index in [-0.39, 0.29) is 5.82 Å². The predicted octanol–water partition coefficient (Wildman–Crippen LogP) is 2.98. The van der Waals surface area contributed by atoms with Crippen LogP contribution < -0.4 is 11.1 Å². The topological polar surface area (TPSA) is 55.1 Å². The van der Waals surface area contributed by atoms with Crippen molar-refractivity contribution in [3.63, 3.8) is 0 Å². The van der Waals surface area contributed by atoms with Gasteiger partial charge in [0.25, 0.3) is 0 Å². The quantitative estimate of drug-likeness (QED) is 0.753. The molecule has 1 aliphatic rings. The van der Waals surface area contributed by atoms with Crippen LogP contribution in [-0.2, 0) is 6.54 Å². The lowest BCUT2D eigenvalue weighted by molar-refractivity contribution is 0.1000. The number of carbonyl (C=O) groups excluding carboxylic acids is 1. The van der Waals surface area contributed by atoms with Gasteiger partial charge in [-0.1, -0.05) is 25.7 Å². The molecule has 110 valence electrons. The summed E-state index contributed by atoms with van der Waals surface area (Å²) in [6.07, 6.45) is 7.88. The molecule has 0 aromatic heterocycles. The lowest BCUT2D eigenvalue weighted by Gasteiger charge is -2.10. The van der Waals surface area contributed by atoms with E-state index in [0.29, 0.717) is 17.7 Å². The zero-order chi connectivity index (χ0) is 14.4. The van der Waals surface area contributed by atoms with Gasteiger partial charge in [0.15, 0.2) is 0 Å². The van der Waals surface area contributed by atoms with Gasteiger partial charge in [0.1, 0.15) is 5.82 Å². The van der Waals surface area contributed by atoms with E-state index in [9.17, 15) is 9.18 Å². The predicted molar refractivity (Wildman–Crippen MR) is 77.8 cm³/mol. The molecule has 0 heterocycles. The summed E-state index contributed by atoms with van der Waals surface area (Å²) in [6.45, 7) is 1.33. The van der Waals surface area contributed by atoms with E-state index >= 15 is 0 Å². The highest BCUT2D eigenvalue weighted by Gasteiger charge is 2.14. The Labute approximate surface area is 119 Å². The summed E-state index contributed by atoms with van der Waals surface area (Å²) in [7, 11) is 0. The highest BCUT2D eigenvalue weighted by molar-refractivity contribution is 5.92. The molecule has 0 atom stereocenters. The van der Waals surface area contributed by atoms with Crippen LogP contribution in [0, 0.1) is 11.7 Å². The number of halogens is 1. The largest absolute Gasteiger partial charge is 0.366 e. The minimum absolute atomic E-state index is 0.293. The van der Waals surface area contributed by atoms with Crippen molar-refractivity contribution in [3.8, 4) is 0 Å². The first kappa shape index (κ1) is 15.0. The van der Waals surface area contributed by atoms with Crippen molar-refractivity contribution >= 4 is 5.91 Å². The molecular formula is C16H23FN2O. The Balaban J connectivity index is 1.72. The molecule has 0 unspecified atom stereocenters. The maximum absolute atomic E-state index is 13.6. The Morgan fingerprint density at radius 2 is 2.10 bits per heavy atom. The van der Waals surface area contributed by atoms with E-state index < -0.39 is 5.91 Å². The highest BCUT2D eigenvalue weighted by atomic mass is 19.1. The van der Waals surface area contributed by atoms with Crippen LogP contribution in [0.5, 0.6) is 0 Å². The molecule has 2 rings (SSSR count). The van der Waals surface area contributed by atoms with Crippen molar-refractivity contribution in [3.05, 3.63) is 35.1 Å². The summed E-state index contributed by atoms with van der Waals surface area (Å²) < 4.78 is 13.6. The molecule has 3 nitrogen and oxygen atoms in total. The second-order valence-electron chi connectivity index (χ2n) is 5.64. The molecule has 1 aromatic carbocycles. The van der Waals surface area contributed by atoms with E-state index in [2.05, 4.69) is 5.32 Å². The molecule has 0 saturated heterocycles. The number of amides is 1. The van der Waals surface area contributed by atoms with Crippen LogP contribution in [0.2, 0.25) is 0 Å². The maximum atomic E-state index is 13.6. The van der Waals surface area contributed by atoms with Crippen LogP contribution >= 0.6 is 0 Å². The number of hydrogen-bond donors (Lipinski definition) is 2. The Bertz CT molecular complexity index is 456. The summed E-state index contributed by atoms with van der Waals surface area (Å²) in [5.41, 5.74) is 6.05. The van der Waals surface area contributed by atoms with Crippen LogP contribution in [0.4, 0.5) is 4.39 Å². The van der Waals surface area contributed by atoms with E-state index in [1.165, 1.54) is 50.3 Å². The van der Waals surface area contributed by atoms with Gasteiger partial charge in [0, 0.05) is 17.7 Å². The first-order chi connectivity index (χ1) is 9.66. The third kappa shape index (κ3) is 4.30. The number of primary amides is 1. The average Bonchev–Trinajstić information content (AvgIpc) is 2.93. The van der Waals surface area contributed by atoms with Crippen molar-refractivity contribution in [1.29, 1.82) is 0 Å². The van der Waals surface area contributed by atoms with E-state index in [1.54, 1.807) is 0 Å². The lowest BCUT2D eigenvalue weighted by atomic mass is 10.0. The molecule has 1 amide bonds. The molecule has 0 radical (unpaired) electrons. The number of hydrogen-bond acceptors (Lipinski definition) is 2. The van der Waals surface area contributed by atoms with Crippen molar-refractivity contribution in [2.45, 2.75) is 45.1 Å². The van der Waals surface area contributed by atoms with Crippen LogP contribution in [0.1, 0.15) is 54.4 Å². The van der Waals surface area contributed by atoms with Gasteiger partial charge in [-0.05, 0) is 43.5 Å². The minimum Gasteiger partial charge on any atom is -0.366 e. The van der Waals surface area contributed by atoms with Gasteiger partial charge in [0.2, 0.25) is 5.91 Å². The Kier molecular flexibility index (Phi) is 5.53. The molecule has 1 aromatic rings. The molecule has 20 heavy (non-hydrogen) atoms. The van der Waals surface area contributed by atoms with Crippen LogP contribution in [-0.4, -0.2) is 12.5 Å². The fourth-order valence-corrected chi connectivity index (χ4v) is 2.90. The molecular weight excluding hydrogens is 255 g/mol. The van der Waals surface area contributed by atoms with E-state index in [1.807, 2.05) is 0 Å². The third-order valence-corrected chi connectivity index (χ3v) is 4.09. The second kappa shape index (κ2) is 7.39. The van der Waals surface area contributed by atoms with Crippen LogP contribution in [0.15, 0.2) is 18.2 Å². The smallest absolute Gasteiger partial charge is 0.248 e. The van der Waals surface area contributed by atoms with Gasteiger partial charge in [-0.2, -0.15) is 0 Å². The third-order valence-electron chi connectivity index (χ3n) is 4.09. The van der Waals surface area contributed by atoms with E-state index in [4.69, 9.17) is 5.73 Å². The van der Waals surface area contributed by atoms with Crippen LogP contribution in [0.3, 0.4) is 0 Å². The molecule has 0 bridgehead atoms. The molecule has 1 aliphatic carbocycles. The molecule has 0 aliphatic heterocycles. The van der Waals surface area contributed by atoms with Crippen molar-refractivity contribution < 1.29 is 9.18 Å². The Morgan fingerprint density at radius 1 is 1.35 bits per heavy atom. The lowest BCUT2D eigenvalue weighted by Crippen LogP contribution is -2.18. The Hall–Kier alpha value is -1.42. The second-order valence-corrected chi connectivity index (χ2v) is 5.64. The van der Waals surface area contributed by atoms with Crippen LogP contribution in [0.25, 0.3) is 0 Å². The van der Waals surface area contributed by atoms with Crippen molar-refractivity contribution in [2.75, 3.05) is 6.54 Å². The average molecular weight is 278 g/mol. The molecule has 3 N–H and O–H groups in total. The minimum atomic E-state index is -0.521. The van der Waals surface area contributed by atoms with E-state index in [0.717, 1.165) is 18.9 Å². The maximum Gasteiger partial charge on any atom is 0.248 e. The first-order valence-electron chi connectivity index (χ1n) is 7.46. The fraction of sp³-hybridized carbons (Fsp3) is 0.562. The zero-order valence-electron chi connectivity index (χ0n) is 11.8. The molecule has 0 spiro atoms. The SMILES string of the molecule is NC(=O)c1ccc(F)c(CNCCCC2CCCC2)c1. The number of rotatable bonds is 7. The van der Waals surface area contributed by atoms with Gasteiger partial charge < -0.3 is 11.1 Å². The van der Waals surface area contributed by atoms with Crippen molar-refractivity contribution in [1.82, 2.24) is 5.32 Å². The monoisotopic (exact) mass is 278 g/mol. The van der Waals surface area contributed by atoms with Gasteiger partial charge in [0.05, 0.1) is 0 Å². The first-order valence-corrected chi connectivity index (χ1v) is 7.46. The number of benzene rings is 1. The zero-order valence-corrected chi connectivity index (χ0v) is 11.8. The van der Waals surface area contributed by atoms with Gasteiger partial charge in [-0.25, -0.2) is 4.39 Å². The molecule has 4 heteroatoms. The number of nitrogens with two attached hydrogens (primary N) is 1. The fourth-order valence-electron chi connectivity index (χ4n) is 2.90. The number of carbonyl (C=O) groups is 1. The summed E-state index contributed by atoms with van der Waals surface area (Å²) in [4.78, 5) is 11.1. The highest BCUT2D eigenvalue weighted by Crippen LogP contribution is 2.28. The molecule has 1 fully saturated rings. The summed E-state index contributed by atoms with van der Waals surface area (Å²) in [5, 5.41) is 3.24. The summed E-state index contributed by atoms with van der Waals surface area (Å²) in [6, 6.07) is 4.25. The standard InChI is InChI=1S/C16H23FN2O/c17-15-8-7-13(16(18)20)10-14(15)11-19-9-3-6-12-4-1-2-5-12/h7-8,10,12,19H,1-6,9,11H2,(H2,18,20). The van der Waals surface area contributed by atoms with Gasteiger partial charge in [-0.3, -0.25) is 4.79 Å².